The number of rotatable bonds is 18. The molecule has 0 heterocycles. The molecular formula is C30H72ClLiSi2Sn2. The van der Waals surface area contributed by atoms with Gasteiger partial charge in [0.15, 0.2) is 0 Å². The zero-order valence-electron chi connectivity index (χ0n) is 28.1. The van der Waals surface area contributed by atoms with Gasteiger partial charge in [0, 0.05) is 27.7 Å². The molecule has 0 unspecified atom stereocenters. The quantitative estimate of drug-likeness (QED) is 0.0962. The Morgan fingerprint density at radius 1 is 0.472 bits per heavy atom. The summed E-state index contributed by atoms with van der Waals surface area (Å²) in [6, 6.07) is 0. The predicted molar refractivity (Wildman–Crippen MR) is 188 cm³/mol. The van der Waals surface area contributed by atoms with Gasteiger partial charge in [-0.25, -0.2) is 0 Å². The van der Waals surface area contributed by atoms with Crippen molar-refractivity contribution in [3.63, 3.8) is 0 Å². The van der Waals surface area contributed by atoms with Crippen LogP contribution in [0.25, 0.3) is 0 Å². The Hall–Kier alpha value is 2.92. The SMILES string of the molecule is CCC[CH2][Sn]([CH2]CCC)[CH2]CCC.CCC[CH2][Sn]([CH2]CCC)[CH2]CCC.C[Si](C)(C)Cl.C[Si](C)C.[Li]. The average Bonchev–Trinajstić information content (AvgIpc) is 2.77. The molecule has 0 atom stereocenters. The van der Waals surface area contributed by atoms with Gasteiger partial charge in [0.05, 0.1) is 0 Å². The van der Waals surface area contributed by atoms with E-state index >= 15 is 0 Å². The summed E-state index contributed by atoms with van der Waals surface area (Å²) >= 11 is 3.99. The topological polar surface area (TPSA) is 0 Å². The fourth-order valence-corrected chi connectivity index (χ4v) is 22.2. The van der Waals surface area contributed by atoms with Crippen LogP contribution in [0.3, 0.4) is 0 Å². The molecule has 0 aliphatic rings. The summed E-state index contributed by atoms with van der Waals surface area (Å²) in [5.41, 5.74) is 0. The van der Waals surface area contributed by atoms with Crippen LogP contribution in [0, 0.1) is 0 Å². The molecule has 0 aromatic rings. The van der Waals surface area contributed by atoms with E-state index in [-0.39, 0.29) is 27.7 Å². The summed E-state index contributed by atoms with van der Waals surface area (Å²) in [6.45, 7) is 27.1. The molecule has 0 saturated heterocycles. The Bertz CT molecular complexity index is 286. The zero-order valence-corrected chi connectivity index (χ0v) is 36.6. The van der Waals surface area contributed by atoms with E-state index in [0.29, 0.717) is 0 Å². The molecular weight excluding hydrogens is 696 g/mol. The van der Waals surface area contributed by atoms with Crippen molar-refractivity contribution in [2.75, 3.05) is 0 Å². The van der Waals surface area contributed by atoms with Crippen molar-refractivity contribution in [1.29, 1.82) is 0 Å². The van der Waals surface area contributed by atoms with E-state index in [9.17, 15) is 0 Å². The molecule has 0 N–H and O–H groups in total. The van der Waals surface area contributed by atoms with Gasteiger partial charge in [-0.05, 0) is 0 Å². The number of halogens is 1. The monoisotopic (exact) mass is 770 g/mol. The smallest absolute Gasteiger partial charge is 0.147 e. The van der Waals surface area contributed by atoms with Crippen LogP contribution >= 0.6 is 11.1 Å². The standard InChI is InChI=1S/6C4H9.C3H9ClSi.C3H9Si.Li.2Sn/c6*1-3-4-2;1-5(2,3)4;1-4(2)3;;;/h6*1,3-4H2,2H3;1-3H3;1-3H3;;;. The first kappa shape index (κ1) is 48.6. The van der Waals surface area contributed by atoms with Crippen molar-refractivity contribution in [3.8, 4) is 0 Å². The number of hydrogen-bond donors (Lipinski definition) is 0. The van der Waals surface area contributed by atoms with E-state index in [2.05, 4.69) is 80.8 Å². The second kappa shape index (κ2) is 40.1. The summed E-state index contributed by atoms with van der Waals surface area (Å²) in [7, 11) is -1.02. The van der Waals surface area contributed by atoms with E-state index in [4.69, 9.17) is 11.1 Å². The van der Waals surface area contributed by atoms with E-state index in [0.717, 1.165) is 0 Å². The predicted octanol–water partition coefficient (Wildman–Crippen LogP) is 12.8. The molecule has 0 spiro atoms. The minimum Gasteiger partial charge on any atom is -0.168 e. The largest absolute Gasteiger partial charge is 0.168 e. The zero-order chi connectivity index (χ0) is 28.0. The maximum absolute atomic E-state index is 5.67. The fraction of sp³-hybridized carbons (Fsp3) is 1.00. The van der Waals surface area contributed by atoms with Gasteiger partial charge in [0.2, 0.25) is 0 Å². The Morgan fingerprint density at radius 3 is 0.667 bits per heavy atom. The fourth-order valence-electron chi connectivity index (χ4n) is 3.31. The summed E-state index contributed by atoms with van der Waals surface area (Å²) in [5, 5.41) is 0. The summed E-state index contributed by atoms with van der Waals surface area (Å²) in [6.07, 6.45) is 17.7. The molecule has 0 nitrogen and oxygen atoms in total. The Balaban J connectivity index is -0.000000131. The van der Waals surface area contributed by atoms with Gasteiger partial charge in [0.25, 0.3) is 0 Å². The van der Waals surface area contributed by atoms with Crippen molar-refractivity contribution in [2.24, 2.45) is 0 Å². The van der Waals surface area contributed by atoms with Crippen molar-refractivity contribution in [3.05, 3.63) is 0 Å². The van der Waals surface area contributed by atoms with Gasteiger partial charge in [-0.15, -0.1) is 0 Å². The molecule has 0 aliphatic carbocycles. The van der Waals surface area contributed by atoms with Gasteiger partial charge in [-0.1, -0.05) is 39.3 Å². The Labute approximate surface area is 267 Å². The first-order valence-electron chi connectivity index (χ1n) is 15.6. The van der Waals surface area contributed by atoms with Crippen molar-refractivity contribution in [2.45, 2.75) is 184 Å². The third kappa shape index (κ3) is 65.7. The van der Waals surface area contributed by atoms with Crippen LogP contribution in [0.15, 0.2) is 0 Å². The van der Waals surface area contributed by atoms with E-state index in [1.165, 1.54) is 77.0 Å². The maximum Gasteiger partial charge on any atom is 0.147 e. The molecule has 0 fully saturated rings. The van der Waals surface area contributed by atoms with E-state index in [1.807, 2.05) is 0 Å². The molecule has 0 amide bonds. The Morgan fingerprint density at radius 2 is 0.583 bits per heavy atom. The Kier molecular flexibility index (Phi) is 54.1. The third-order valence-corrected chi connectivity index (χ3v) is 23.5. The third-order valence-electron chi connectivity index (χ3n) is 5.30. The minimum absolute atomic E-state index is 0. The van der Waals surface area contributed by atoms with Gasteiger partial charge in [-0.3, -0.25) is 0 Å². The molecule has 0 saturated carbocycles. The normalized spacial score (nSPS) is 10.7. The summed E-state index contributed by atoms with van der Waals surface area (Å²) in [5.74, 6) is 0. The second-order valence-electron chi connectivity index (χ2n) is 11.7. The second-order valence-corrected chi connectivity index (χ2v) is 39.3. The van der Waals surface area contributed by atoms with E-state index in [1.54, 1.807) is 26.6 Å². The van der Waals surface area contributed by atoms with Gasteiger partial charge in [-0.2, -0.15) is 11.1 Å². The average molecular weight is 769 g/mol. The van der Waals surface area contributed by atoms with Crippen molar-refractivity contribution in [1.82, 2.24) is 0 Å². The van der Waals surface area contributed by atoms with Crippen molar-refractivity contribution < 1.29 is 0 Å². The molecule has 0 rings (SSSR count). The molecule has 0 bridgehead atoms. The molecule has 4 radical (unpaired) electrons. The summed E-state index contributed by atoms with van der Waals surface area (Å²) < 4.78 is 10.1. The molecule has 0 aromatic heterocycles. The van der Waals surface area contributed by atoms with E-state index < -0.39 is 46.9 Å². The van der Waals surface area contributed by atoms with Crippen LogP contribution < -0.4 is 0 Å². The number of hydrogen-bond acceptors (Lipinski definition) is 0. The van der Waals surface area contributed by atoms with Crippen LogP contribution in [0.5, 0.6) is 0 Å². The molecule has 0 aromatic carbocycles. The molecule has 0 aliphatic heterocycles. The van der Waals surface area contributed by atoms with Gasteiger partial charge in [0.1, 0.15) is 7.38 Å². The first-order chi connectivity index (χ1) is 16.4. The minimum atomic E-state index is -1.14. The molecule has 6 heteroatoms. The van der Waals surface area contributed by atoms with Crippen LogP contribution in [-0.2, 0) is 0 Å². The summed E-state index contributed by atoms with van der Waals surface area (Å²) in [4.78, 5) is 0. The van der Waals surface area contributed by atoms with Crippen LogP contribution in [0.2, 0.25) is 65.9 Å². The first-order valence-corrected chi connectivity index (χ1v) is 35.2. The van der Waals surface area contributed by atoms with Crippen LogP contribution in [0.1, 0.15) is 119 Å². The van der Waals surface area contributed by atoms with Gasteiger partial charge < -0.3 is 0 Å². The van der Waals surface area contributed by atoms with Gasteiger partial charge >= 0.3 is 185 Å². The van der Waals surface area contributed by atoms with Crippen LogP contribution in [0.4, 0.5) is 0 Å². The number of unbranched alkanes of at least 4 members (excludes halogenated alkanes) is 6. The van der Waals surface area contributed by atoms with Crippen molar-refractivity contribution >= 4 is 85.6 Å². The maximum atomic E-state index is 5.67. The molecule has 36 heavy (non-hydrogen) atoms. The van der Waals surface area contributed by atoms with Crippen LogP contribution in [-0.4, -0.2) is 74.6 Å². The molecule has 216 valence electrons.